The molecule has 0 radical (unpaired) electrons. The molecule has 6 rings (SSSR count). The molecule has 25 heavy (non-hydrogen) atoms. The van der Waals surface area contributed by atoms with Gasteiger partial charge in [0.2, 0.25) is 11.8 Å². The van der Waals surface area contributed by atoms with E-state index in [0.717, 1.165) is 44.2 Å². The summed E-state index contributed by atoms with van der Waals surface area (Å²) in [5, 5.41) is 4.56. The summed E-state index contributed by atoms with van der Waals surface area (Å²) < 4.78 is 0. The molecule has 1 saturated heterocycles. The van der Waals surface area contributed by atoms with Crippen molar-refractivity contribution >= 4 is 33.6 Å². The first-order chi connectivity index (χ1) is 12.2. The SMILES string of the molecule is O=C1NC(=O)[C@H]2c3c([nH]c4ccccc34)-c3cccc4[nH]cc(c34)[C@@H]12. The molecule has 0 bridgehead atoms. The van der Waals surface area contributed by atoms with Gasteiger partial charge in [0.05, 0.1) is 17.5 Å². The molecule has 0 saturated carbocycles. The van der Waals surface area contributed by atoms with Gasteiger partial charge in [0, 0.05) is 33.6 Å². The third-order valence-electron chi connectivity index (χ3n) is 5.54. The van der Waals surface area contributed by atoms with Gasteiger partial charge < -0.3 is 9.97 Å². The molecule has 0 unspecified atom stereocenters. The summed E-state index contributed by atoms with van der Waals surface area (Å²) in [7, 11) is 0. The molecule has 5 heteroatoms. The number of carbonyl (C=O) groups excluding carboxylic acids is 2. The molecule has 2 aromatic carbocycles. The first-order valence-electron chi connectivity index (χ1n) is 8.29. The van der Waals surface area contributed by atoms with Gasteiger partial charge in [-0.25, -0.2) is 0 Å². The van der Waals surface area contributed by atoms with Gasteiger partial charge in [-0.05, 0) is 23.3 Å². The second-order valence-electron chi connectivity index (χ2n) is 6.74. The Balaban J connectivity index is 1.86. The minimum atomic E-state index is -0.509. The van der Waals surface area contributed by atoms with Gasteiger partial charge in [-0.2, -0.15) is 0 Å². The highest BCUT2D eigenvalue weighted by Gasteiger charge is 2.48. The van der Waals surface area contributed by atoms with E-state index >= 15 is 0 Å². The van der Waals surface area contributed by atoms with Crippen LogP contribution in [0.4, 0.5) is 0 Å². The molecule has 3 N–H and O–H groups in total. The lowest BCUT2D eigenvalue weighted by Crippen LogP contribution is -2.22. The third-order valence-corrected chi connectivity index (χ3v) is 5.54. The van der Waals surface area contributed by atoms with E-state index in [1.807, 2.05) is 42.6 Å². The smallest absolute Gasteiger partial charge is 0.235 e. The summed E-state index contributed by atoms with van der Waals surface area (Å²) in [5.41, 5.74) is 5.75. The van der Waals surface area contributed by atoms with Crippen LogP contribution in [0.5, 0.6) is 0 Å². The number of benzene rings is 2. The number of rotatable bonds is 0. The molecular weight excluding hydrogens is 314 g/mol. The standard InChI is InChI=1S/C20H13N3O2/c24-19-16-11-8-21-13-7-3-5-10(14(11)13)18-15(17(16)20(25)23-19)9-4-1-2-6-12(9)22-18/h1-8,16-17,21-22H,(H,23,24,25)/t16-,17+/m1/s1. The van der Waals surface area contributed by atoms with Gasteiger partial charge in [0.15, 0.2) is 0 Å². The minimum Gasteiger partial charge on any atom is -0.361 e. The Morgan fingerprint density at radius 2 is 1.64 bits per heavy atom. The van der Waals surface area contributed by atoms with Crippen LogP contribution in [-0.4, -0.2) is 21.8 Å². The first-order valence-corrected chi connectivity index (χ1v) is 8.29. The number of fused-ring (bicyclic) bond motifs is 7. The molecule has 1 aliphatic heterocycles. The van der Waals surface area contributed by atoms with Gasteiger partial charge in [-0.15, -0.1) is 0 Å². The van der Waals surface area contributed by atoms with Crippen LogP contribution in [-0.2, 0) is 9.59 Å². The Morgan fingerprint density at radius 3 is 2.56 bits per heavy atom. The van der Waals surface area contributed by atoms with Crippen LogP contribution in [0.25, 0.3) is 33.1 Å². The number of hydrogen-bond donors (Lipinski definition) is 3. The molecule has 4 aromatic rings. The van der Waals surface area contributed by atoms with E-state index in [4.69, 9.17) is 0 Å². The van der Waals surface area contributed by atoms with Crippen LogP contribution >= 0.6 is 0 Å². The predicted molar refractivity (Wildman–Crippen MR) is 94.2 cm³/mol. The lowest BCUT2D eigenvalue weighted by molar-refractivity contribution is -0.125. The van der Waals surface area contributed by atoms with Gasteiger partial charge >= 0.3 is 0 Å². The monoisotopic (exact) mass is 327 g/mol. The molecule has 2 amide bonds. The summed E-state index contributed by atoms with van der Waals surface area (Å²) in [6, 6.07) is 14.0. The van der Waals surface area contributed by atoms with E-state index in [0.29, 0.717) is 0 Å². The Morgan fingerprint density at radius 1 is 0.840 bits per heavy atom. The maximum Gasteiger partial charge on any atom is 0.235 e. The Hall–Kier alpha value is -3.34. The van der Waals surface area contributed by atoms with Gasteiger partial charge in [-0.1, -0.05) is 30.3 Å². The fourth-order valence-corrected chi connectivity index (χ4v) is 4.56. The van der Waals surface area contributed by atoms with Crippen molar-refractivity contribution in [1.82, 2.24) is 15.3 Å². The van der Waals surface area contributed by atoms with Crippen LogP contribution in [0, 0.1) is 0 Å². The fourth-order valence-electron chi connectivity index (χ4n) is 4.56. The number of para-hydroxylation sites is 1. The molecular formula is C20H13N3O2. The van der Waals surface area contributed by atoms with Gasteiger partial charge in [0.1, 0.15) is 0 Å². The van der Waals surface area contributed by atoms with E-state index in [9.17, 15) is 9.59 Å². The molecule has 0 spiro atoms. The third kappa shape index (κ3) is 1.44. The van der Waals surface area contributed by atoms with E-state index in [1.54, 1.807) is 0 Å². The molecule has 1 fully saturated rings. The van der Waals surface area contributed by atoms with Crippen molar-refractivity contribution in [1.29, 1.82) is 0 Å². The van der Waals surface area contributed by atoms with Crippen molar-refractivity contribution in [3.8, 4) is 11.3 Å². The van der Waals surface area contributed by atoms with Crippen molar-refractivity contribution in [2.45, 2.75) is 11.8 Å². The van der Waals surface area contributed by atoms with Crippen LogP contribution in [0.15, 0.2) is 48.7 Å². The molecule has 120 valence electrons. The van der Waals surface area contributed by atoms with Crippen LogP contribution < -0.4 is 5.32 Å². The maximum atomic E-state index is 12.7. The van der Waals surface area contributed by atoms with Crippen LogP contribution in [0.2, 0.25) is 0 Å². The Bertz CT molecular complexity index is 1230. The number of imide groups is 1. The summed E-state index contributed by atoms with van der Waals surface area (Å²) in [6.07, 6.45) is 1.87. The van der Waals surface area contributed by atoms with Crippen molar-refractivity contribution in [2.75, 3.05) is 0 Å². The van der Waals surface area contributed by atoms with Crippen molar-refractivity contribution in [3.63, 3.8) is 0 Å². The normalized spacial score (nSPS) is 21.3. The second kappa shape index (κ2) is 4.19. The quantitative estimate of drug-likeness (QED) is 0.434. The molecule has 2 aliphatic rings. The summed E-state index contributed by atoms with van der Waals surface area (Å²) >= 11 is 0. The minimum absolute atomic E-state index is 0.219. The topological polar surface area (TPSA) is 77.8 Å². The molecule has 5 nitrogen and oxygen atoms in total. The lowest BCUT2D eigenvalue weighted by Gasteiger charge is -2.13. The van der Waals surface area contributed by atoms with Crippen LogP contribution in [0.1, 0.15) is 23.0 Å². The second-order valence-corrected chi connectivity index (χ2v) is 6.74. The van der Waals surface area contributed by atoms with Crippen molar-refractivity contribution in [2.24, 2.45) is 0 Å². The maximum absolute atomic E-state index is 12.7. The lowest BCUT2D eigenvalue weighted by atomic mass is 9.84. The number of aromatic amines is 2. The number of H-pyrrole nitrogens is 2. The number of carbonyl (C=O) groups is 2. The van der Waals surface area contributed by atoms with E-state index in [1.165, 1.54) is 0 Å². The Kier molecular flexibility index (Phi) is 2.18. The predicted octanol–water partition coefficient (Wildman–Crippen LogP) is 3.15. The van der Waals surface area contributed by atoms with E-state index < -0.39 is 11.8 Å². The highest BCUT2D eigenvalue weighted by atomic mass is 16.2. The summed E-state index contributed by atoms with van der Waals surface area (Å²) in [6.45, 7) is 0. The highest BCUT2D eigenvalue weighted by molar-refractivity contribution is 6.17. The number of aromatic nitrogens is 2. The average molecular weight is 327 g/mol. The van der Waals surface area contributed by atoms with E-state index in [2.05, 4.69) is 21.4 Å². The number of amides is 2. The van der Waals surface area contributed by atoms with Crippen molar-refractivity contribution < 1.29 is 9.59 Å². The largest absolute Gasteiger partial charge is 0.361 e. The highest BCUT2D eigenvalue weighted by Crippen LogP contribution is 2.51. The summed E-state index contributed by atoms with van der Waals surface area (Å²) in [5.74, 6) is -1.44. The number of nitrogens with one attached hydrogen (secondary N) is 3. The first kappa shape index (κ1) is 13.0. The zero-order valence-electron chi connectivity index (χ0n) is 13.1. The zero-order valence-corrected chi connectivity index (χ0v) is 13.1. The van der Waals surface area contributed by atoms with Gasteiger partial charge in [0.25, 0.3) is 0 Å². The Labute approximate surface area is 142 Å². The average Bonchev–Trinajstić information content (AvgIpc) is 3.25. The molecule has 2 atom stereocenters. The number of hydrogen-bond acceptors (Lipinski definition) is 2. The zero-order chi connectivity index (χ0) is 16.7. The van der Waals surface area contributed by atoms with Gasteiger partial charge in [-0.3, -0.25) is 14.9 Å². The molecule has 3 heterocycles. The van der Waals surface area contributed by atoms with Crippen LogP contribution in [0.3, 0.4) is 0 Å². The molecule has 1 aliphatic carbocycles. The molecule has 2 aromatic heterocycles. The summed E-state index contributed by atoms with van der Waals surface area (Å²) in [4.78, 5) is 32.1. The fraction of sp³-hybridized carbons (Fsp3) is 0.100. The van der Waals surface area contributed by atoms with E-state index in [-0.39, 0.29) is 11.8 Å². The van der Waals surface area contributed by atoms with Crippen molar-refractivity contribution in [3.05, 3.63) is 59.8 Å².